The van der Waals surface area contributed by atoms with E-state index in [2.05, 4.69) is 15.9 Å². The Morgan fingerprint density at radius 3 is 2.22 bits per heavy atom. The zero-order chi connectivity index (χ0) is 7.44. The fourth-order valence-corrected chi connectivity index (χ4v) is 0.583. The quantitative estimate of drug-likeness (QED) is 0.608. The third kappa shape index (κ3) is 3.96. The van der Waals surface area contributed by atoms with Gasteiger partial charge in [-0.3, -0.25) is 9.59 Å². The first-order valence-corrected chi connectivity index (χ1v) is 3.10. The maximum absolute atomic E-state index is 10.0. The van der Waals surface area contributed by atoms with E-state index in [1.807, 2.05) is 0 Å². The number of hydrogen-bond acceptors (Lipinski definition) is 2. The molecule has 0 radical (unpaired) electrons. The van der Waals surface area contributed by atoms with Gasteiger partial charge in [-0.1, -0.05) is 15.9 Å². The van der Waals surface area contributed by atoms with Crippen LogP contribution in [0.15, 0.2) is 0 Å². The van der Waals surface area contributed by atoms with E-state index in [1.54, 1.807) is 0 Å². The molecule has 52 valence electrons. The zero-order valence-corrected chi connectivity index (χ0v) is 6.09. The number of amides is 1. The summed E-state index contributed by atoms with van der Waals surface area (Å²) < 4.78 is 0. The average Bonchev–Trinajstić information content (AvgIpc) is 1.63. The molecular formula is C4H6BrNO3. The minimum Gasteiger partial charge on any atom is -0.480 e. The zero-order valence-electron chi connectivity index (χ0n) is 4.50. The summed E-state index contributed by atoms with van der Waals surface area (Å²) >= 11 is 2.74. The Morgan fingerprint density at radius 1 is 1.67 bits per heavy atom. The van der Waals surface area contributed by atoms with E-state index in [4.69, 9.17) is 10.8 Å². The molecule has 0 aliphatic heterocycles. The number of primary amides is 1. The summed E-state index contributed by atoms with van der Waals surface area (Å²) in [5.74, 6) is -1.70. The molecule has 4 nitrogen and oxygen atoms in total. The Labute approximate surface area is 60.2 Å². The minimum atomic E-state index is -1.08. The van der Waals surface area contributed by atoms with Crippen LogP contribution >= 0.6 is 15.9 Å². The first kappa shape index (κ1) is 8.42. The van der Waals surface area contributed by atoms with Crippen molar-refractivity contribution in [2.75, 3.05) is 0 Å². The standard InChI is InChI=1S/C4H6BrNO3/c5-2(4(8)9)1-3(6)7/h2H,1H2,(H2,6,7)(H,8,9). The van der Waals surface area contributed by atoms with E-state index in [0.717, 1.165) is 0 Å². The van der Waals surface area contributed by atoms with Crippen molar-refractivity contribution in [1.82, 2.24) is 0 Å². The highest BCUT2D eigenvalue weighted by molar-refractivity contribution is 9.10. The fourth-order valence-electron chi connectivity index (χ4n) is 0.264. The van der Waals surface area contributed by atoms with E-state index < -0.39 is 16.7 Å². The molecule has 0 aromatic carbocycles. The summed E-state index contributed by atoms with van der Waals surface area (Å²) in [6, 6.07) is 0. The SMILES string of the molecule is NC(=O)CC(Br)C(=O)O. The second-order valence-electron chi connectivity index (χ2n) is 1.48. The fraction of sp³-hybridized carbons (Fsp3) is 0.500. The van der Waals surface area contributed by atoms with Crippen molar-refractivity contribution in [3.63, 3.8) is 0 Å². The van der Waals surface area contributed by atoms with Gasteiger partial charge in [0, 0.05) is 6.42 Å². The lowest BCUT2D eigenvalue weighted by Crippen LogP contribution is -2.22. The molecule has 3 N–H and O–H groups in total. The first-order valence-electron chi connectivity index (χ1n) is 2.19. The van der Waals surface area contributed by atoms with Crippen molar-refractivity contribution in [3.8, 4) is 0 Å². The van der Waals surface area contributed by atoms with Crippen LogP contribution in [0.3, 0.4) is 0 Å². The number of hydrogen-bond donors (Lipinski definition) is 2. The van der Waals surface area contributed by atoms with Gasteiger partial charge in [0.15, 0.2) is 0 Å². The number of halogens is 1. The van der Waals surface area contributed by atoms with Crippen molar-refractivity contribution in [3.05, 3.63) is 0 Å². The molecule has 1 unspecified atom stereocenters. The topological polar surface area (TPSA) is 80.4 Å². The summed E-state index contributed by atoms with van der Waals surface area (Å²) in [7, 11) is 0. The van der Waals surface area contributed by atoms with Crippen molar-refractivity contribution >= 4 is 27.8 Å². The number of aliphatic carboxylic acids is 1. The Hall–Kier alpha value is -0.580. The van der Waals surface area contributed by atoms with E-state index in [1.165, 1.54) is 0 Å². The predicted molar refractivity (Wildman–Crippen MR) is 34.2 cm³/mol. The molecular weight excluding hydrogens is 190 g/mol. The van der Waals surface area contributed by atoms with Gasteiger partial charge in [0.25, 0.3) is 0 Å². The Bertz CT molecular complexity index is 136. The summed E-state index contributed by atoms with van der Waals surface area (Å²) in [6.07, 6.45) is -0.171. The van der Waals surface area contributed by atoms with E-state index in [9.17, 15) is 9.59 Å². The Balaban J connectivity index is 3.63. The van der Waals surface area contributed by atoms with Crippen LogP contribution in [0.25, 0.3) is 0 Å². The number of carboxylic acid groups (broad SMARTS) is 1. The molecule has 9 heavy (non-hydrogen) atoms. The van der Waals surface area contributed by atoms with E-state index in [-0.39, 0.29) is 6.42 Å². The largest absolute Gasteiger partial charge is 0.480 e. The van der Waals surface area contributed by atoms with Crippen LogP contribution in [0, 0.1) is 0 Å². The highest BCUT2D eigenvalue weighted by atomic mass is 79.9. The van der Waals surface area contributed by atoms with Gasteiger partial charge in [0.1, 0.15) is 4.83 Å². The predicted octanol–water partition coefficient (Wildman–Crippen LogP) is -0.290. The normalized spacial score (nSPS) is 12.6. The van der Waals surface area contributed by atoms with Crippen LogP contribution in [-0.2, 0) is 9.59 Å². The van der Waals surface area contributed by atoms with Crippen LogP contribution in [0.4, 0.5) is 0 Å². The van der Waals surface area contributed by atoms with Crippen LogP contribution in [0.5, 0.6) is 0 Å². The van der Waals surface area contributed by atoms with Crippen molar-refractivity contribution < 1.29 is 14.7 Å². The van der Waals surface area contributed by atoms with Gasteiger partial charge in [-0.25, -0.2) is 0 Å². The van der Waals surface area contributed by atoms with Crippen LogP contribution in [0.2, 0.25) is 0 Å². The molecule has 0 aliphatic carbocycles. The minimum absolute atomic E-state index is 0.171. The molecule has 0 saturated carbocycles. The lowest BCUT2D eigenvalue weighted by atomic mass is 10.3. The molecule has 0 heterocycles. The molecule has 0 aliphatic rings. The maximum Gasteiger partial charge on any atom is 0.317 e. The molecule has 0 fully saturated rings. The number of rotatable bonds is 3. The molecule has 0 aromatic heterocycles. The summed E-state index contributed by atoms with van der Waals surface area (Å²) in [4.78, 5) is 19.2. The monoisotopic (exact) mass is 195 g/mol. The van der Waals surface area contributed by atoms with Gasteiger partial charge >= 0.3 is 5.97 Å². The molecule has 1 atom stereocenters. The van der Waals surface area contributed by atoms with Gasteiger partial charge in [0.05, 0.1) is 0 Å². The van der Waals surface area contributed by atoms with Crippen molar-refractivity contribution in [2.24, 2.45) is 5.73 Å². The molecule has 0 aromatic rings. The van der Waals surface area contributed by atoms with Gasteiger partial charge in [0.2, 0.25) is 5.91 Å². The third-order valence-electron chi connectivity index (χ3n) is 0.648. The number of carbonyl (C=O) groups excluding carboxylic acids is 1. The number of carboxylic acids is 1. The van der Waals surface area contributed by atoms with Gasteiger partial charge < -0.3 is 10.8 Å². The molecule has 0 bridgehead atoms. The third-order valence-corrected chi connectivity index (χ3v) is 1.36. The number of alkyl halides is 1. The summed E-state index contributed by atoms with van der Waals surface area (Å²) in [6.45, 7) is 0. The highest BCUT2D eigenvalue weighted by Gasteiger charge is 2.14. The van der Waals surface area contributed by atoms with Crippen molar-refractivity contribution in [2.45, 2.75) is 11.2 Å². The molecule has 1 amide bonds. The maximum atomic E-state index is 10.0. The lowest BCUT2D eigenvalue weighted by molar-refractivity contribution is -0.137. The average molecular weight is 196 g/mol. The number of nitrogens with two attached hydrogens (primary N) is 1. The summed E-state index contributed by atoms with van der Waals surface area (Å²) in [5, 5.41) is 8.18. The van der Waals surface area contributed by atoms with Crippen LogP contribution in [-0.4, -0.2) is 21.8 Å². The smallest absolute Gasteiger partial charge is 0.317 e. The summed E-state index contributed by atoms with van der Waals surface area (Å²) in [5.41, 5.74) is 4.70. The molecule has 0 spiro atoms. The van der Waals surface area contributed by atoms with Gasteiger partial charge in [-0.15, -0.1) is 0 Å². The van der Waals surface area contributed by atoms with E-state index >= 15 is 0 Å². The molecule has 0 saturated heterocycles. The van der Waals surface area contributed by atoms with E-state index in [0.29, 0.717) is 0 Å². The van der Waals surface area contributed by atoms with Crippen molar-refractivity contribution in [1.29, 1.82) is 0 Å². The van der Waals surface area contributed by atoms with Gasteiger partial charge in [-0.05, 0) is 0 Å². The second-order valence-corrected chi connectivity index (χ2v) is 2.58. The molecule has 0 rings (SSSR count). The highest BCUT2D eigenvalue weighted by Crippen LogP contribution is 2.03. The number of carbonyl (C=O) groups is 2. The van der Waals surface area contributed by atoms with Crippen LogP contribution < -0.4 is 5.73 Å². The second kappa shape index (κ2) is 3.45. The first-order chi connectivity index (χ1) is 4.04. The van der Waals surface area contributed by atoms with Gasteiger partial charge in [-0.2, -0.15) is 0 Å². The van der Waals surface area contributed by atoms with Crippen LogP contribution in [0.1, 0.15) is 6.42 Å². The lowest BCUT2D eigenvalue weighted by Gasteiger charge is -1.97. The Kier molecular flexibility index (Phi) is 3.22. The Morgan fingerprint density at radius 2 is 2.11 bits per heavy atom. The molecule has 5 heteroatoms.